The quantitative estimate of drug-likeness (QED) is 0.436. The van der Waals surface area contributed by atoms with Crippen LogP contribution in [0.1, 0.15) is 22.8 Å². The molecule has 1 amide bonds. The Labute approximate surface area is 179 Å². The highest BCUT2D eigenvalue weighted by Crippen LogP contribution is 2.34. The number of hydrogen-bond donors (Lipinski definition) is 0. The maximum absolute atomic E-state index is 12.8. The summed E-state index contributed by atoms with van der Waals surface area (Å²) in [6, 6.07) is 13.0. The number of anilines is 1. The van der Waals surface area contributed by atoms with Crippen LogP contribution in [0.3, 0.4) is 0 Å². The van der Waals surface area contributed by atoms with E-state index in [4.69, 9.17) is 14.5 Å². The fraction of sp³-hybridized carbons (Fsp3) is 0.261. The highest BCUT2D eigenvalue weighted by Gasteiger charge is 2.25. The van der Waals surface area contributed by atoms with Gasteiger partial charge in [0.25, 0.3) is 5.91 Å². The Morgan fingerprint density at radius 3 is 2.87 bits per heavy atom. The number of pyridine rings is 1. The molecule has 30 heavy (non-hydrogen) atoms. The van der Waals surface area contributed by atoms with E-state index in [1.165, 1.54) is 11.8 Å². The fourth-order valence-electron chi connectivity index (χ4n) is 3.55. The number of nitrogens with zero attached hydrogens (tertiary/aromatic N) is 2. The van der Waals surface area contributed by atoms with Crippen molar-refractivity contribution in [3.05, 3.63) is 53.6 Å². The van der Waals surface area contributed by atoms with Gasteiger partial charge in [0, 0.05) is 17.5 Å². The van der Waals surface area contributed by atoms with E-state index in [0.717, 1.165) is 21.5 Å². The predicted octanol–water partition coefficient (Wildman–Crippen LogP) is 4.27. The summed E-state index contributed by atoms with van der Waals surface area (Å²) >= 11 is 1.39. The average molecular weight is 423 g/mol. The number of Topliss-reactive ketones (excluding diaryl/α,β-unsaturated/α-hetero) is 1. The monoisotopic (exact) mass is 422 g/mol. The van der Waals surface area contributed by atoms with Crippen LogP contribution in [0.2, 0.25) is 0 Å². The highest BCUT2D eigenvalue weighted by molar-refractivity contribution is 7.99. The van der Waals surface area contributed by atoms with E-state index in [1.54, 1.807) is 30.2 Å². The van der Waals surface area contributed by atoms with Gasteiger partial charge in [0.2, 0.25) is 0 Å². The van der Waals surface area contributed by atoms with Crippen molar-refractivity contribution in [3.63, 3.8) is 0 Å². The van der Waals surface area contributed by atoms with Gasteiger partial charge in [-0.3, -0.25) is 9.59 Å². The molecule has 0 bridgehead atoms. The van der Waals surface area contributed by atoms with Gasteiger partial charge in [0.15, 0.2) is 12.4 Å². The summed E-state index contributed by atoms with van der Waals surface area (Å²) in [6.07, 6.45) is 0. The number of likely N-dealkylation sites (N-methyl/N-ethyl adjacent to an activating group) is 1. The molecule has 0 saturated heterocycles. The van der Waals surface area contributed by atoms with Crippen LogP contribution >= 0.6 is 11.8 Å². The number of thioether (sulfide) groups is 1. The van der Waals surface area contributed by atoms with Crippen molar-refractivity contribution >= 4 is 40.0 Å². The van der Waals surface area contributed by atoms with Gasteiger partial charge in [-0.05, 0) is 49.7 Å². The van der Waals surface area contributed by atoms with Gasteiger partial charge < -0.3 is 14.4 Å². The molecule has 1 aliphatic rings. The summed E-state index contributed by atoms with van der Waals surface area (Å²) in [5, 5.41) is 1.80. The molecule has 7 heteroatoms. The lowest BCUT2D eigenvalue weighted by Crippen LogP contribution is -2.38. The molecule has 0 aliphatic carbocycles. The summed E-state index contributed by atoms with van der Waals surface area (Å²) in [5.41, 5.74) is 3.07. The minimum Gasteiger partial charge on any atom is -0.494 e. The van der Waals surface area contributed by atoms with Gasteiger partial charge in [-0.1, -0.05) is 23.9 Å². The van der Waals surface area contributed by atoms with Crippen molar-refractivity contribution in [2.45, 2.75) is 18.9 Å². The van der Waals surface area contributed by atoms with Crippen molar-refractivity contribution in [2.24, 2.45) is 0 Å². The summed E-state index contributed by atoms with van der Waals surface area (Å²) in [5.74, 6) is 1.44. The molecule has 1 aromatic heterocycles. The Morgan fingerprint density at radius 2 is 2.10 bits per heavy atom. The Balaban J connectivity index is 1.56. The summed E-state index contributed by atoms with van der Waals surface area (Å²) in [4.78, 5) is 31.2. The van der Waals surface area contributed by atoms with Crippen LogP contribution in [-0.2, 0) is 4.79 Å². The zero-order chi connectivity index (χ0) is 21.3. The van der Waals surface area contributed by atoms with E-state index in [1.807, 2.05) is 38.1 Å². The molecule has 154 valence electrons. The third kappa shape index (κ3) is 3.73. The van der Waals surface area contributed by atoms with Crippen LogP contribution in [0.4, 0.5) is 5.69 Å². The molecule has 0 atom stereocenters. The zero-order valence-corrected chi connectivity index (χ0v) is 17.9. The first-order valence-corrected chi connectivity index (χ1v) is 10.7. The number of ether oxygens (including phenoxy) is 2. The molecule has 2 heterocycles. The van der Waals surface area contributed by atoms with E-state index in [-0.39, 0.29) is 24.1 Å². The molecule has 0 radical (unpaired) electrons. The molecule has 2 aromatic carbocycles. The second kappa shape index (κ2) is 8.36. The third-order valence-corrected chi connectivity index (χ3v) is 6.01. The number of amides is 1. The third-order valence-electron chi connectivity index (χ3n) is 5.10. The smallest absolute Gasteiger partial charge is 0.265 e. The number of hydrogen-bond acceptors (Lipinski definition) is 6. The number of ketones is 1. The van der Waals surface area contributed by atoms with Gasteiger partial charge in [-0.25, -0.2) is 4.98 Å². The molecule has 0 saturated carbocycles. The van der Waals surface area contributed by atoms with Gasteiger partial charge in [-0.15, -0.1) is 0 Å². The number of para-hydroxylation sites is 1. The lowest BCUT2D eigenvalue weighted by molar-refractivity contribution is -0.121. The highest BCUT2D eigenvalue weighted by atomic mass is 32.2. The van der Waals surface area contributed by atoms with Gasteiger partial charge >= 0.3 is 0 Å². The summed E-state index contributed by atoms with van der Waals surface area (Å²) in [6.45, 7) is 4.48. The normalized spacial score (nSPS) is 13.2. The Morgan fingerprint density at radius 1 is 1.27 bits per heavy atom. The first-order chi connectivity index (χ1) is 14.5. The van der Waals surface area contributed by atoms with Crippen LogP contribution in [0.25, 0.3) is 10.9 Å². The first-order valence-electron chi connectivity index (χ1n) is 9.69. The maximum Gasteiger partial charge on any atom is 0.265 e. The first kappa shape index (κ1) is 20.2. The zero-order valence-electron chi connectivity index (χ0n) is 17.1. The van der Waals surface area contributed by atoms with Crippen molar-refractivity contribution in [1.29, 1.82) is 0 Å². The van der Waals surface area contributed by atoms with Crippen LogP contribution in [0, 0.1) is 6.92 Å². The second-order valence-corrected chi connectivity index (χ2v) is 7.95. The number of aryl methyl sites for hydroxylation is 1. The number of methoxy groups -OCH3 is 1. The summed E-state index contributed by atoms with van der Waals surface area (Å²) in [7, 11) is 1.62. The van der Waals surface area contributed by atoms with Crippen molar-refractivity contribution in [1.82, 2.24) is 4.98 Å². The molecule has 6 nitrogen and oxygen atoms in total. The number of carbonyl (C=O) groups is 2. The van der Waals surface area contributed by atoms with E-state index < -0.39 is 0 Å². The molecular formula is C23H22N2O4S. The van der Waals surface area contributed by atoms with Crippen LogP contribution in [-0.4, -0.2) is 42.7 Å². The molecule has 3 aromatic rings. The molecule has 0 N–H and O–H groups in total. The summed E-state index contributed by atoms with van der Waals surface area (Å²) < 4.78 is 10.9. The minimum atomic E-state index is -0.103. The molecule has 0 fully saturated rings. The number of carbonyl (C=O) groups excluding carboxylic acids is 2. The van der Waals surface area contributed by atoms with Gasteiger partial charge in [0.1, 0.15) is 17.0 Å². The number of benzene rings is 2. The average Bonchev–Trinajstić information content (AvgIpc) is 2.76. The van der Waals surface area contributed by atoms with E-state index in [9.17, 15) is 9.59 Å². The SMILES string of the molecule is CCN1C(=O)COc2ccc(C(=O)CSc3cc(C)c4cccc(OC)c4n3)cc21. The van der Waals surface area contributed by atoms with Crippen LogP contribution < -0.4 is 14.4 Å². The topological polar surface area (TPSA) is 68.7 Å². The maximum atomic E-state index is 12.8. The van der Waals surface area contributed by atoms with Gasteiger partial charge in [-0.2, -0.15) is 0 Å². The van der Waals surface area contributed by atoms with E-state index in [2.05, 4.69) is 0 Å². The lowest BCUT2D eigenvalue weighted by atomic mass is 10.1. The Bertz CT molecular complexity index is 1150. The molecule has 4 rings (SSSR count). The number of fused-ring (bicyclic) bond motifs is 2. The van der Waals surface area contributed by atoms with Crippen molar-refractivity contribution in [3.8, 4) is 11.5 Å². The van der Waals surface area contributed by atoms with Crippen molar-refractivity contribution < 1.29 is 19.1 Å². The number of rotatable bonds is 6. The second-order valence-electron chi connectivity index (χ2n) is 6.95. The molecule has 0 unspecified atom stereocenters. The Hall–Kier alpha value is -3.06. The van der Waals surface area contributed by atoms with E-state index >= 15 is 0 Å². The largest absolute Gasteiger partial charge is 0.494 e. The predicted molar refractivity (Wildman–Crippen MR) is 118 cm³/mol. The standard InChI is InChI=1S/C23H22N2O4S/c1-4-25-17-11-15(8-9-19(17)29-12-22(25)27)18(26)13-30-21-10-14(2)16-6-5-7-20(28-3)23(16)24-21/h5-11H,4,12-13H2,1-3H3. The Kier molecular flexibility index (Phi) is 5.63. The molecule has 0 spiro atoms. The fourth-order valence-corrected chi connectivity index (χ4v) is 4.41. The number of aromatic nitrogens is 1. The van der Waals surface area contributed by atoms with Crippen molar-refractivity contribution in [2.75, 3.05) is 30.9 Å². The molecular weight excluding hydrogens is 400 g/mol. The molecule has 1 aliphatic heterocycles. The van der Waals surface area contributed by atoms with Gasteiger partial charge in [0.05, 0.1) is 23.6 Å². The van der Waals surface area contributed by atoms with Crippen LogP contribution in [0.15, 0.2) is 47.5 Å². The van der Waals surface area contributed by atoms with E-state index in [0.29, 0.717) is 29.3 Å². The minimum absolute atomic E-state index is 0.0282. The lowest BCUT2D eigenvalue weighted by Gasteiger charge is -2.28. The van der Waals surface area contributed by atoms with Crippen LogP contribution in [0.5, 0.6) is 11.5 Å².